The van der Waals surface area contributed by atoms with Crippen molar-refractivity contribution in [3.8, 4) is 5.75 Å². The predicted molar refractivity (Wildman–Crippen MR) is 55.4 cm³/mol. The first kappa shape index (κ1) is 13.2. The Morgan fingerprint density at radius 2 is 2.06 bits per heavy atom. The van der Waals surface area contributed by atoms with Crippen LogP contribution in [0.15, 0.2) is 23.1 Å². The summed E-state index contributed by atoms with van der Waals surface area (Å²) in [6, 6.07) is 3.27. The summed E-state index contributed by atoms with van der Waals surface area (Å²) in [4.78, 5) is 11.5. The van der Waals surface area contributed by atoms with Crippen LogP contribution in [0.1, 0.15) is 10.4 Å². The third kappa shape index (κ3) is 3.61. The molecule has 88 valence electrons. The third-order valence-electron chi connectivity index (χ3n) is 1.62. The first-order valence-corrected chi connectivity index (χ1v) is 4.99. The van der Waals surface area contributed by atoms with Crippen LogP contribution in [0.4, 0.5) is 13.2 Å². The summed E-state index contributed by atoms with van der Waals surface area (Å²) in [6.07, 6.45) is -4.79. The molecular formula is C9H6ClF3O2S. The predicted octanol–water partition coefficient (Wildman–Crippen LogP) is 3.30. The van der Waals surface area contributed by atoms with Gasteiger partial charge in [0.1, 0.15) is 5.75 Å². The molecule has 0 bridgehead atoms. The molecule has 0 atom stereocenters. The highest BCUT2D eigenvalue weighted by molar-refractivity contribution is 7.80. The number of alkyl halides is 4. The van der Waals surface area contributed by atoms with Gasteiger partial charge in [-0.25, -0.2) is 0 Å². The number of hydrogen-bond donors (Lipinski definition) is 1. The van der Waals surface area contributed by atoms with Crippen LogP contribution >= 0.6 is 24.2 Å². The maximum Gasteiger partial charge on any atom is 0.573 e. The molecular weight excluding hydrogens is 265 g/mol. The van der Waals surface area contributed by atoms with Crippen molar-refractivity contribution in [3.63, 3.8) is 0 Å². The summed E-state index contributed by atoms with van der Waals surface area (Å²) in [5, 5.41) is 0. The van der Waals surface area contributed by atoms with Crippen molar-refractivity contribution in [3.05, 3.63) is 23.8 Å². The molecule has 0 radical (unpaired) electrons. The lowest BCUT2D eigenvalue weighted by Gasteiger charge is -2.10. The molecule has 0 spiro atoms. The first-order valence-electron chi connectivity index (χ1n) is 4.01. The molecule has 1 rings (SSSR count). The summed E-state index contributed by atoms with van der Waals surface area (Å²) in [5.41, 5.74) is 0.0000772. The van der Waals surface area contributed by atoms with E-state index in [1.165, 1.54) is 6.07 Å². The van der Waals surface area contributed by atoms with Crippen molar-refractivity contribution in [2.24, 2.45) is 0 Å². The average Bonchev–Trinajstić information content (AvgIpc) is 2.18. The van der Waals surface area contributed by atoms with Gasteiger partial charge in [-0.3, -0.25) is 4.79 Å². The van der Waals surface area contributed by atoms with Gasteiger partial charge in [0.05, 0.1) is 5.88 Å². The van der Waals surface area contributed by atoms with Crippen LogP contribution in [0.25, 0.3) is 0 Å². The summed E-state index contributed by atoms with van der Waals surface area (Å²) in [6.45, 7) is 0. The van der Waals surface area contributed by atoms with Gasteiger partial charge in [0.2, 0.25) is 0 Å². The summed E-state index contributed by atoms with van der Waals surface area (Å²) < 4.78 is 39.4. The van der Waals surface area contributed by atoms with Gasteiger partial charge in [0.15, 0.2) is 5.78 Å². The minimum Gasteiger partial charge on any atom is -0.406 e. The zero-order chi connectivity index (χ0) is 12.3. The quantitative estimate of drug-likeness (QED) is 0.518. The smallest absolute Gasteiger partial charge is 0.406 e. The van der Waals surface area contributed by atoms with E-state index in [0.29, 0.717) is 0 Å². The minimum absolute atomic E-state index is 0.0000772. The average molecular weight is 271 g/mol. The van der Waals surface area contributed by atoms with E-state index in [0.717, 1.165) is 12.1 Å². The molecule has 1 aromatic rings. The SMILES string of the molecule is O=C(CCl)c1cc(OC(F)(F)F)ccc1S. The molecule has 7 heteroatoms. The van der Waals surface area contributed by atoms with Crippen molar-refractivity contribution in [2.75, 3.05) is 5.88 Å². The monoisotopic (exact) mass is 270 g/mol. The number of rotatable bonds is 3. The molecule has 0 amide bonds. The molecule has 0 saturated carbocycles. The Kier molecular flexibility index (Phi) is 4.09. The second kappa shape index (κ2) is 4.97. The molecule has 0 unspecified atom stereocenters. The Morgan fingerprint density at radius 1 is 1.44 bits per heavy atom. The van der Waals surface area contributed by atoms with E-state index in [4.69, 9.17) is 11.6 Å². The molecule has 0 heterocycles. The second-order valence-corrected chi connectivity index (χ2v) is 3.53. The maximum absolute atomic E-state index is 11.9. The minimum atomic E-state index is -4.79. The maximum atomic E-state index is 11.9. The number of Topliss-reactive ketones (excluding diaryl/α,β-unsaturated/α-hetero) is 1. The van der Waals surface area contributed by atoms with E-state index in [1.54, 1.807) is 0 Å². The topological polar surface area (TPSA) is 26.3 Å². The largest absolute Gasteiger partial charge is 0.573 e. The fourth-order valence-electron chi connectivity index (χ4n) is 1.01. The van der Waals surface area contributed by atoms with E-state index >= 15 is 0 Å². The zero-order valence-corrected chi connectivity index (χ0v) is 9.37. The van der Waals surface area contributed by atoms with E-state index in [9.17, 15) is 18.0 Å². The lowest BCUT2D eigenvalue weighted by molar-refractivity contribution is -0.274. The van der Waals surface area contributed by atoms with Crippen molar-refractivity contribution in [1.29, 1.82) is 0 Å². The standard InChI is InChI=1S/C9H6ClF3O2S/c10-4-7(14)6-3-5(1-2-8(6)16)15-9(11,12)13/h1-3,16H,4H2. The fraction of sp³-hybridized carbons (Fsp3) is 0.222. The number of halogens is 4. The second-order valence-electron chi connectivity index (χ2n) is 2.78. The zero-order valence-electron chi connectivity index (χ0n) is 7.71. The van der Waals surface area contributed by atoms with Gasteiger partial charge < -0.3 is 4.74 Å². The highest BCUT2D eigenvalue weighted by atomic mass is 35.5. The number of benzene rings is 1. The lowest BCUT2D eigenvalue weighted by Crippen LogP contribution is -2.17. The Hall–Kier alpha value is -0.880. The highest BCUT2D eigenvalue weighted by Crippen LogP contribution is 2.26. The van der Waals surface area contributed by atoms with Crippen molar-refractivity contribution >= 4 is 30.0 Å². The third-order valence-corrected chi connectivity index (χ3v) is 2.26. The lowest BCUT2D eigenvalue weighted by atomic mass is 10.1. The summed E-state index contributed by atoms with van der Waals surface area (Å²) in [7, 11) is 0. The number of thiol groups is 1. The van der Waals surface area contributed by atoms with Gasteiger partial charge >= 0.3 is 6.36 Å². The molecule has 0 fully saturated rings. The summed E-state index contributed by atoms with van der Waals surface area (Å²) >= 11 is 9.23. The van der Waals surface area contributed by atoms with Crippen LogP contribution in [-0.2, 0) is 0 Å². The van der Waals surface area contributed by atoms with Crippen LogP contribution in [0.2, 0.25) is 0 Å². The van der Waals surface area contributed by atoms with Gasteiger partial charge in [-0.15, -0.1) is 37.4 Å². The molecule has 0 N–H and O–H groups in total. The van der Waals surface area contributed by atoms with E-state index in [1.807, 2.05) is 0 Å². The van der Waals surface area contributed by atoms with Crippen molar-refractivity contribution in [1.82, 2.24) is 0 Å². The van der Waals surface area contributed by atoms with Gasteiger partial charge in [-0.1, -0.05) is 0 Å². The van der Waals surface area contributed by atoms with Gasteiger partial charge in [0, 0.05) is 10.5 Å². The number of carbonyl (C=O) groups is 1. The Labute approximate surface area is 99.8 Å². The normalized spacial score (nSPS) is 11.3. The Morgan fingerprint density at radius 3 is 2.56 bits per heavy atom. The van der Waals surface area contributed by atoms with Gasteiger partial charge in [-0.2, -0.15) is 0 Å². The molecule has 0 saturated heterocycles. The van der Waals surface area contributed by atoms with Crippen molar-refractivity contribution < 1.29 is 22.7 Å². The molecule has 2 nitrogen and oxygen atoms in total. The van der Waals surface area contributed by atoms with Crippen LogP contribution in [-0.4, -0.2) is 18.0 Å². The molecule has 0 aromatic heterocycles. The van der Waals surface area contributed by atoms with Gasteiger partial charge in [0.25, 0.3) is 0 Å². The molecule has 16 heavy (non-hydrogen) atoms. The van der Waals surface area contributed by atoms with Gasteiger partial charge in [-0.05, 0) is 18.2 Å². The van der Waals surface area contributed by atoms with Crippen LogP contribution < -0.4 is 4.74 Å². The highest BCUT2D eigenvalue weighted by Gasteiger charge is 2.31. The number of ether oxygens (including phenoxy) is 1. The number of ketones is 1. The first-order chi connectivity index (χ1) is 7.33. The van der Waals surface area contributed by atoms with Crippen LogP contribution in [0.3, 0.4) is 0 Å². The van der Waals surface area contributed by atoms with E-state index in [-0.39, 0.29) is 16.3 Å². The Balaban J connectivity index is 3.03. The summed E-state index contributed by atoms with van der Waals surface area (Å²) in [5.74, 6) is -1.32. The number of hydrogen-bond acceptors (Lipinski definition) is 3. The van der Waals surface area contributed by atoms with Crippen molar-refractivity contribution in [2.45, 2.75) is 11.3 Å². The Bertz CT molecular complexity index is 406. The molecule has 0 aliphatic heterocycles. The van der Waals surface area contributed by atoms with E-state index < -0.39 is 17.9 Å². The number of carbonyl (C=O) groups excluding carboxylic acids is 1. The fourth-order valence-corrected chi connectivity index (χ4v) is 1.42. The molecule has 0 aliphatic carbocycles. The molecule has 0 aliphatic rings. The molecule has 1 aromatic carbocycles. The van der Waals surface area contributed by atoms with E-state index in [2.05, 4.69) is 17.4 Å². The van der Waals surface area contributed by atoms with Crippen LogP contribution in [0.5, 0.6) is 5.75 Å². The van der Waals surface area contributed by atoms with Crippen LogP contribution in [0, 0.1) is 0 Å².